The lowest BCUT2D eigenvalue weighted by molar-refractivity contribution is -0.133. The van der Waals surface area contributed by atoms with Crippen molar-refractivity contribution in [1.29, 1.82) is 0 Å². The molecule has 0 saturated heterocycles. The fraction of sp³-hybridized carbons (Fsp3) is 0.316. The summed E-state index contributed by atoms with van der Waals surface area (Å²) < 4.78 is 6.06. The number of amides is 2. The first-order chi connectivity index (χ1) is 12.6. The topological polar surface area (TPSA) is 101 Å². The summed E-state index contributed by atoms with van der Waals surface area (Å²) in [7, 11) is 0. The second-order valence-electron chi connectivity index (χ2n) is 6.63. The van der Waals surface area contributed by atoms with E-state index in [0.717, 1.165) is 24.0 Å². The number of aryl methyl sites for hydroxylation is 1. The van der Waals surface area contributed by atoms with E-state index < -0.39 is 0 Å². The third-order valence-electron chi connectivity index (χ3n) is 4.99. The monoisotopic (exact) mass is 353 g/mol. The smallest absolute Gasteiger partial charge is 0.246 e. The number of fused-ring (bicyclic) bond motifs is 2. The molecule has 3 N–H and O–H groups in total. The van der Waals surface area contributed by atoms with Crippen molar-refractivity contribution in [2.45, 2.75) is 32.1 Å². The number of hydrogen-bond acceptors (Lipinski definition) is 5. The number of nitrogens with zero attached hydrogens (tertiary/aromatic N) is 1. The fourth-order valence-electron chi connectivity index (χ4n) is 3.59. The highest BCUT2D eigenvalue weighted by atomic mass is 16.5. The Labute approximate surface area is 150 Å². The zero-order valence-electron chi connectivity index (χ0n) is 14.1. The number of benzene rings is 1. The first kappa shape index (κ1) is 16.5. The van der Waals surface area contributed by atoms with Crippen LogP contribution in [0.5, 0.6) is 11.5 Å². The highest BCUT2D eigenvalue weighted by Crippen LogP contribution is 2.35. The highest BCUT2D eigenvalue weighted by molar-refractivity contribution is 5.93. The van der Waals surface area contributed by atoms with Gasteiger partial charge in [0.05, 0.1) is 0 Å². The van der Waals surface area contributed by atoms with Gasteiger partial charge >= 0.3 is 0 Å². The molecule has 26 heavy (non-hydrogen) atoms. The Hall–Kier alpha value is -2.93. The van der Waals surface area contributed by atoms with Crippen molar-refractivity contribution in [2.24, 2.45) is 5.92 Å². The van der Waals surface area contributed by atoms with Crippen LogP contribution in [0.2, 0.25) is 0 Å². The molecule has 1 aliphatic heterocycles. The number of pyridine rings is 1. The molecule has 0 bridgehead atoms. The second-order valence-corrected chi connectivity index (χ2v) is 6.63. The zero-order chi connectivity index (χ0) is 18.1. The van der Waals surface area contributed by atoms with Crippen LogP contribution in [0.3, 0.4) is 0 Å². The van der Waals surface area contributed by atoms with Gasteiger partial charge in [0.15, 0.2) is 0 Å². The normalized spacial score (nSPS) is 18.3. The molecule has 4 rings (SSSR count). The van der Waals surface area contributed by atoms with Crippen LogP contribution in [-0.4, -0.2) is 22.0 Å². The van der Waals surface area contributed by atoms with Crippen molar-refractivity contribution in [3.63, 3.8) is 0 Å². The second kappa shape index (κ2) is 6.76. The lowest BCUT2D eigenvalue weighted by Crippen LogP contribution is -2.31. The summed E-state index contributed by atoms with van der Waals surface area (Å²) in [5.74, 6) is 1.29. The van der Waals surface area contributed by atoms with Gasteiger partial charge in [-0.2, -0.15) is 0 Å². The zero-order valence-corrected chi connectivity index (χ0v) is 14.1. The van der Waals surface area contributed by atoms with Crippen LogP contribution in [0.1, 0.15) is 29.5 Å². The van der Waals surface area contributed by atoms with Gasteiger partial charge in [-0.1, -0.05) is 6.07 Å². The molecule has 1 aliphatic carbocycles. The highest BCUT2D eigenvalue weighted by Gasteiger charge is 2.25. The predicted octanol–water partition coefficient (Wildman–Crippen LogP) is 2.37. The number of hydroxylamine groups is 1. The van der Waals surface area contributed by atoms with Gasteiger partial charge in [-0.3, -0.25) is 14.8 Å². The summed E-state index contributed by atoms with van der Waals surface area (Å²) in [6.07, 6.45) is 4.70. The summed E-state index contributed by atoms with van der Waals surface area (Å²) in [6.45, 7) is 0. The lowest BCUT2D eigenvalue weighted by atomic mass is 9.83. The Bertz CT molecular complexity index is 881. The van der Waals surface area contributed by atoms with E-state index in [9.17, 15) is 9.59 Å². The Kier molecular flexibility index (Phi) is 4.30. The number of carbonyl (C=O) groups excluding carboxylic acids is 2. The Morgan fingerprint density at radius 3 is 2.96 bits per heavy atom. The molecule has 7 nitrogen and oxygen atoms in total. The van der Waals surface area contributed by atoms with Crippen molar-refractivity contribution in [3.8, 4) is 11.5 Å². The van der Waals surface area contributed by atoms with Gasteiger partial charge < -0.3 is 10.1 Å². The quantitative estimate of drug-likeness (QED) is 0.581. The van der Waals surface area contributed by atoms with Gasteiger partial charge in [0, 0.05) is 24.1 Å². The van der Waals surface area contributed by atoms with Gasteiger partial charge in [-0.15, -0.1) is 0 Å². The molecule has 0 saturated carbocycles. The minimum Gasteiger partial charge on any atom is -0.457 e. The number of nitrogens with one attached hydrogen (secondary N) is 2. The summed E-state index contributed by atoms with van der Waals surface area (Å²) >= 11 is 0. The van der Waals surface area contributed by atoms with Gasteiger partial charge in [-0.25, -0.2) is 10.5 Å². The first-order valence-electron chi connectivity index (χ1n) is 8.65. The molecule has 7 heteroatoms. The van der Waals surface area contributed by atoms with Crippen molar-refractivity contribution in [2.75, 3.05) is 5.32 Å². The van der Waals surface area contributed by atoms with Gasteiger partial charge in [0.1, 0.15) is 17.3 Å². The van der Waals surface area contributed by atoms with E-state index >= 15 is 0 Å². The maximum Gasteiger partial charge on any atom is 0.246 e. The van der Waals surface area contributed by atoms with Gasteiger partial charge in [0.2, 0.25) is 11.8 Å². The molecule has 1 unspecified atom stereocenters. The predicted molar refractivity (Wildman–Crippen MR) is 93.1 cm³/mol. The number of carbonyl (C=O) groups is 2. The van der Waals surface area contributed by atoms with E-state index in [1.54, 1.807) is 17.7 Å². The molecule has 1 aromatic carbocycles. The third-order valence-corrected chi connectivity index (χ3v) is 4.99. The van der Waals surface area contributed by atoms with E-state index in [4.69, 9.17) is 9.94 Å². The molecule has 2 heterocycles. The fourth-order valence-corrected chi connectivity index (χ4v) is 3.59. The summed E-state index contributed by atoms with van der Waals surface area (Å²) in [5.41, 5.74) is 4.89. The Morgan fingerprint density at radius 1 is 1.23 bits per heavy atom. The van der Waals surface area contributed by atoms with Crippen molar-refractivity contribution >= 4 is 17.6 Å². The van der Waals surface area contributed by atoms with Crippen LogP contribution in [0, 0.1) is 5.92 Å². The average Bonchev–Trinajstić information content (AvgIpc) is 2.66. The Morgan fingerprint density at radius 2 is 2.12 bits per heavy atom. The van der Waals surface area contributed by atoms with Gasteiger partial charge in [0.25, 0.3) is 0 Å². The molecule has 2 aromatic rings. The lowest BCUT2D eigenvalue weighted by Gasteiger charge is -2.24. The molecule has 0 fully saturated rings. The number of hydrogen-bond donors (Lipinski definition) is 3. The van der Waals surface area contributed by atoms with Crippen LogP contribution in [0.25, 0.3) is 0 Å². The maximum atomic E-state index is 11.7. The summed E-state index contributed by atoms with van der Waals surface area (Å²) in [6, 6.07) is 7.67. The van der Waals surface area contributed by atoms with E-state index in [0.29, 0.717) is 36.6 Å². The maximum absolute atomic E-state index is 11.7. The van der Waals surface area contributed by atoms with E-state index in [-0.39, 0.29) is 17.7 Å². The molecule has 0 radical (unpaired) electrons. The molecule has 0 spiro atoms. The first-order valence-corrected chi connectivity index (χ1v) is 8.65. The molecule has 134 valence electrons. The summed E-state index contributed by atoms with van der Waals surface area (Å²) in [4.78, 5) is 27.4. The molecule has 2 aliphatic rings. The van der Waals surface area contributed by atoms with Crippen LogP contribution in [0.4, 0.5) is 5.82 Å². The van der Waals surface area contributed by atoms with Crippen LogP contribution in [-0.2, 0) is 28.9 Å². The average molecular weight is 353 g/mol. The van der Waals surface area contributed by atoms with E-state index in [2.05, 4.69) is 10.3 Å². The van der Waals surface area contributed by atoms with E-state index in [1.165, 1.54) is 5.56 Å². The van der Waals surface area contributed by atoms with Crippen LogP contribution in [0.15, 0.2) is 30.5 Å². The molecule has 1 aromatic heterocycles. The largest absolute Gasteiger partial charge is 0.457 e. The number of ether oxygens (including phenoxy) is 1. The number of rotatable bonds is 3. The third kappa shape index (κ3) is 3.13. The molecule has 1 atom stereocenters. The number of aromatic nitrogens is 1. The minimum absolute atomic E-state index is 0.0378. The number of anilines is 1. The Balaban J connectivity index is 1.58. The summed E-state index contributed by atoms with van der Waals surface area (Å²) in [5, 5.41) is 11.6. The standard InChI is InChI=1S/C19H19N3O4/c23-17-6-5-15-16(7-8-20-18(15)21-17)26-14-4-3-11-1-2-12(19(24)22-25)9-13(11)10-14/h3-4,7-8,10,12,25H,1-2,5-6,9H2,(H,22,24)(H,20,21,23). The molecular weight excluding hydrogens is 334 g/mol. The van der Waals surface area contributed by atoms with Gasteiger partial charge in [-0.05, 0) is 55.0 Å². The molecule has 2 amide bonds. The van der Waals surface area contributed by atoms with Crippen LogP contribution < -0.4 is 15.5 Å². The van der Waals surface area contributed by atoms with Crippen molar-refractivity contribution < 1.29 is 19.5 Å². The molecular formula is C19H19N3O4. The van der Waals surface area contributed by atoms with Crippen LogP contribution >= 0.6 is 0 Å². The van der Waals surface area contributed by atoms with Crippen molar-refractivity contribution in [1.82, 2.24) is 10.5 Å². The minimum atomic E-state index is -0.346. The van der Waals surface area contributed by atoms with E-state index in [1.807, 2.05) is 18.2 Å². The SMILES string of the molecule is O=C1CCc2c(Oc3ccc4c(c3)CC(C(=O)NO)CC4)ccnc2N1. The van der Waals surface area contributed by atoms with Crippen molar-refractivity contribution in [3.05, 3.63) is 47.2 Å².